The van der Waals surface area contributed by atoms with Gasteiger partial charge >= 0.3 is 0 Å². The number of likely N-dealkylation sites (tertiary alicyclic amines) is 1. The van der Waals surface area contributed by atoms with Gasteiger partial charge in [0.25, 0.3) is 0 Å². The Labute approximate surface area is 94.7 Å². The molecule has 2 amide bonds. The van der Waals surface area contributed by atoms with Crippen molar-refractivity contribution < 1.29 is 9.59 Å². The van der Waals surface area contributed by atoms with Gasteiger partial charge in [-0.1, -0.05) is 23.1 Å². The van der Waals surface area contributed by atoms with E-state index in [4.69, 9.17) is 5.73 Å². The zero-order chi connectivity index (χ0) is 11.0. The van der Waals surface area contributed by atoms with Crippen molar-refractivity contribution in [2.45, 2.75) is 15.9 Å². The Balaban J connectivity index is 2.08. The zero-order valence-electron chi connectivity index (χ0n) is 7.97. The number of hydrogen-bond acceptors (Lipinski definition) is 6. The number of nitrogens with two attached hydrogens (primary N) is 1. The predicted molar refractivity (Wildman–Crippen MR) is 58.6 cm³/mol. The van der Waals surface area contributed by atoms with Gasteiger partial charge in [-0.25, -0.2) is 4.98 Å². The summed E-state index contributed by atoms with van der Waals surface area (Å²) in [5.74, 6) is -0.271. The molecule has 0 radical (unpaired) electrons. The van der Waals surface area contributed by atoms with Crippen LogP contribution in [0.5, 0.6) is 0 Å². The standard InChI is InChI=1S/C8H9N3O2S2/c1-11-5(12)2-4(7(11)13)14-6-3-10-8(9)15-6/h3-4H,2H2,1H3,(H2,9,10). The Hall–Kier alpha value is -1.08. The van der Waals surface area contributed by atoms with Crippen molar-refractivity contribution in [2.75, 3.05) is 12.8 Å². The van der Waals surface area contributed by atoms with Crippen LogP contribution in [0.1, 0.15) is 6.42 Å². The summed E-state index contributed by atoms with van der Waals surface area (Å²) in [7, 11) is 1.51. The second kappa shape index (κ2) is 3.82. The fraction of sp³-hybridized carbons (Fsp3) is 0.375. The van der Waals surface area contributed by atoms with Gasteiger partial charge in [0.15, 0.2) is 5.13 Å². The molecule has 2 N–H and O–H groups in total. The summed E-state index contributed by atoms with van der Waals surface area (Å²) in [5.41, 5.74) is 5.47. The Morgan fingerprint density at radius 1 is 1.67 bits per heavy atom. The van der Waals surface area contributed by atoms with E-state index in [0.29, 0.717) is 5.13 Å². The number of thioether (sulfide) groups is 1. The van der Waals surface area contributed by atoms with Crippen LogP contribution in [0.3, 0.4) is 0 Å². The van der Waals surface area contributed by atoms with Crippen LogP contribution in [0.4, 0.5) is 5.13 Å². The Morgan fingerprint density at radius 3 is 2.87 bits per heavy atom. The van der Waals surface area contributed by atoms with Gasteiger partial charge in [-0.3, -0.25) is 14.5 Å². The van der Waals surface area contributed by atoms with Gasteiger partial charge in [0, 0.05) is 13.5 Å². The Bertz CT molecular complexity index is 418. The molecule has 7 heteroatoms. The lowest BCUT2D eigenvalue weighted by molar-refractivity contribution is -0.136. The van der Waals surface area contributed by atoms with E-state index in [1.54, 1.807) is 6.20 Å². The molecule has 5 nitrogen and oxygen atoms in total. The maximum atomic E-state index is 11.6. The van der Waals surface area contributed by atoms with Crippen LogP contribution < -0.4 is 5.73 Å². The average Bonchev–Trinajstić information content (AvgIpc) is 2.68. The number of carbonyl (C=O) groups is 2. The van der Waals surface area contributed by atoms with Crippen molar-refractivity contribution in [3.05, 3.63) is 6.20 Å². The number of hydrogen-bond donors (Lipinski definition) is 1. The molecule has 80 valence electrons. The monoisotopic (exact) mass is 243 g/mol. The van der Waals surface area contributed by atoms with E-state index < -0.39 is 0 Å². The van der Waals surface area contributed by atoms with Crippen LogP contribution in [0.15, 0.2) is 10.4 Å². The van der Waals surface area contributed by atoms with E-state index in [1.165, 1.54) is 35.0 Å². The molecule has 15 heavy (non-hydrogen) atoms. The summed E-state index contributed by atoms with van der Waals surface area (Å²) in [6, 6.07) is 0. The largest absolute Gasteiger partial charge is 0.375 e. The molecule has 1 aliphatic rings. The number of imide groups is 1. The molecular weight excluding hydrogens is 234 g/mol. The maximum Gasteiger partial charge on any atom is 0.242 e. The molecule has 1 aromatic rings. The Morgan fingerprint density at radius 2 is 2.40 bits per heavy atom. The number of nitrogens with zero attached hydrogens (tertiary/aromatic N) is 2. The fourth-order valence-corrected chi connectivity index (χ4v) is 3.37. The summed E-state index contributed by atoms with van der Waals surface area (Å²) in [6.07, 6.45) is 1.89. The molecule has 1 unspecified atom stereocenters. The van der Waals surface area contributed by atoms with E-state index in [1.807, 2.05) is 0 Å². The third-order valence-corrected chi connectivity index (χ3v) is 4.25. The molecule has 1 aromatic heterocycles. The van der Waals surface area contributed by atoms with Crippen molar-refractivity contribution in [2.24, 2.45) is 0 Å². The highest BCUT2D eigenvalue weighted by Gasteiger charge is 2.36. The number of amides is 2. The molecule has 2 heterocycles. The highest BCUT2D eigenvalue weighted by Crippen LogP contribution is 2.34. The molecule has 0 aliphatic carbocycles. The van der Waals surface area contributed by atoms with Crippen molar-refractivity contribution in [3.63, 3.8) is 0 Å². The molecule has 2 rings (SSSR count). The van der Waals surface area contributed by atoms with Crippen LogP contribution >= 0.6 is 23.1 Å². The van der Waals surface area contributed by atoms with Crippen LogP contribution in [0, 0.1) is 0 Å². The lowest BCUT2D eigenvalue weighted by atomic mass is 10.4. The van der Waals surface area contributed by atoms with Crippen molar-refractivity contribution in [1.82, 2.24) is 9.88 Å². The number of thiazole rings is 1. The summed E-state index contributed by atoms with van der Waals surface area (Å²) >= 11 is 2.68. The Kier molecular flexibility index (Phi) is 2.66. The summed E-state index contributed by atoms with van der Waals surface area (Å²) in [5, 5.41) is 0.157. The van der Waals surface area contributed by atoms with Crippen molar-refractivity contribution in [1.29, 1.82) is 0 Å². The quantitative estimate of drug-likeness (QED) is 0.769. The summed E-state index contributed by atoms with van der Waals surface area (Å²) in [4.78, 5) is 27.9. The number of nitrogen functional groups attached to an aromatic ring is 1. The van der Waals surface area contributed by atoms with Gasteiger partial charge < -0.3 is 5.73 Å². The molecule has 1 aliphatic heterocycles. The first-order valence-electron chi connectivity index (χ1n) is 4.26. The summed E-state index contributed by atoms with van der Waals surface area (Å²) < 4.78 is 0.869. The van der Waals surface area contributed by atoms with Crippen LogP contribution in [-0.2, 0) is 9.59 Å². The van der Waals surface area contributed by atoms with Crippen LogP contribution in [0.2, 0.25) is 0 Å². The van der Waals surface area contributed by atoms with Gasteiger partial charge in [-0.15, -0.1) is 0 Å². The lowest BCUT2D eigenvalue weighted by Crippen LogP contribution is -2.26. The molecule has 1 fully saturated rings. The SMILES string of the molecule is CN1C(=O)CC(Sc2cnc(N)s2)C1=O. The number of rotatable bonds is 2. The number of carbonyl (C=O) groups excluding carboxylic acids is 2. The predicted octanol–water partition coefficient (Wildman–Crippen LogP) is 0.575. The van der Waals surface area contributed by atoms with Crippen LogP contribution in [0.25, 0.3) is 0 Å². The molecule has 0 saturated carbocycles. The van der Waals surface area contributed by atoms with E-state index in [-0.39, 0.29) is 23.5 Å². The minimum atomic E-state index is -0.317. The van der Waals surface area contributed by atoms with E-state index in [9.17, 15) is 9.59 Å². The smallest absolute Gasteiger partial charge is 0.242 e. The van der Waals surface area contributed by atoms with Gasteiger partial charge in [0.2, 0.25) is 11.8 Å². The zero-order valence-corrected chi connectivity index (χ0v) is 9.60. The van der Waals surface area contributed by atoms with Gasteiger partial charge in [-0.2, -0.15) is 0 Å². The first kappa shape index (κ1) is 10.4. The number of anilines is 1. The van der Waals surface area contributed by atoms with E-state index >= 15 is 0 Å². The van der Waals surface area contributed by atoms with Crippen LogP contribution in [-0.4, -0.2) is 34.0 Å². The first-order valence-corrected chi connectivity index (χ1v) is 5.96. The fourth-order valence-electron chi connectivity index (χ4n) is 1.28. The normalized spacial score (nSPS) is 21.4. The number of aromatic nitrogens is 1. The molecule has 0 bridgehead atoms. The second-order valence-electron chi connectivity index (χ2n) is 3.12. The third-order valence-electron chi connectivity index (χ3n) is 2.10. The van der Waals surface area contributed by atoms with Crippen molar-refractivity contribution >= 4 is 40.0 Å². The van der Waals surface area contributed by atoms with Crippen molar-refractivity contribution in [3.8, 4) is 0 Å². The highest BCUT2D eigenvalue weighted by atomic mass is 32.2. The third kappa shape index (κ3) is 1.98. The molecular formula is C8H9N3O2S2. The van der Waals surface area contributed by atoms with Gasteiger partial charge in [0.1, 0.15) is 0 Å². The van der Waals surface area contributed by atoms with E-state index in [0.717, 1.165) is 4.21 Å². The molecule has 1 atom stereocenters. The highest BCUT2D eigenvalue weighted by molar-refractivity contribution is 8.02. The first-order chi connectivity index (χ1) is 7.08. The molecule has 1 saturated heterocycles. The second-order valence-corrected chi connectivity index (χ2v) is 5.68. The summed E-state index contributed by atoms with van der Waals surface area (Å²) in [6.45, 7) is 0. The average molecular weight is 243 g/mol. The minimum absolute atomic E-state index is 0.130. The van der Waals surface area contributed by atoms with E-state index in [2.05, 4.69) is 4.98 Å². The minimum Gasteiger partial charge on any atom is -0.375 e. The molecule has 0 aromatic carbocycles. The van der Waals surface area contributed by atoms with Gasteiger partial charge in [0.05, 0.1) is 15.7 Å². The lowest BCUT2D eigenvalue weighted by Gasteiger charge is -2.06. The topological polar surface area (TPSA) is 76.3 Å². The molecule has 0 spiro atoms. The van der Waals surface area contributed by atoms with Gasteiger partial charge in [-0.05, 0) is 0 Å². The maximum absolute atomic E-state index is 11.6.